The van der Waals surface area contributed by atoms with E-state index in [-0.39, 0.29) is 11.7 Å². The fourth-order valence-electron chi connectivity index (χ4n) is 2.22. The lowest BCUT2D eigenvalue weighted by molar-refractivity contribution is -0.113. The molecule has 1 amide bonds. The Kier molecular flexibility index (Phi) is 4.93. The first-order chi connectivity index (χ1) is 12.8. The fraction of sp³-hybridized carbons (Fsp3) is 0.188. The highest BCUT2D eigenvalue weighted by molar-refractivity contribution is 7.99. The number of aromatic nitrogens is 4. The van der Waals surface area contributed by atoms with Crippen LogP contribution in [0.5, 0.6) is 0 Å². The molecule has 10 heteroatoms. The molecule has 1 N–H and O–H groups in total. The third-order valence-electron chi connectivity index (χ3n) is 3.37. The second-order valence-corrected chi connectivity index (χ2v) is 7.30. The lowest BCUT2D eigenvalue weighted by Crippen LogP contribution is -2.14. The molecule has 3 heterocycles. The van der Waals surface area contributed by atoms with Crippen molar-refractivity contribution in [3.63, 3.8) is 0 Å². The number of nitrogens with one attached hydrogen (secondary N) is 1. The molecule has 132 valence electrons. The molecule has 0 aliphatic carbocycles. The molecule has 0 bridgehead atoms. The van der Waals surface area contributed by atoms with Gasteiger partial charge in [-0.25, -0.2) is 4.98 Å². The van der Waals surface area contributed by atoms with Crippen molar-refractivity contribution in [2.75, 3.05) is 11.1 Å². The Bertz CT molecular complexity index is 979. The number of carbonyl (C=O) groups excluding carboxylic acids is 1. The summed E-state index contributed by atoms with van der Waals surface area (Å²) in [7, 11) is 0. The van der Waals surface area contributed by atoms with Crippen LogP contribution in [0.1, 0.15) is 10.9 Å². The van der Waals surface area contributed by atoms with Crippen molar-refractivity contribution in [2.24, 2.45) is 0 Å². The van der Waals surface area contributed by atoms with Crippen molar-refractivity contribution < 1.29 is 13.7 Å². The van der Waals surface area contributed by atoms with E-state index >= 15 is 0 Å². The Labute approximate surface area is 156 Å². The van der Waals surface area contributed by atoms with Crippen LogP contribution in [0, 0.1) is 0 Å². The number of nitrogens with zero attached hydrogens (tertiary/aromatic N) is 4. The van der Waals surface area contributed by atoms with Gasteiger partial charge in [-0.05, 0) is 12.1 Å². The van der Waals surface area contributed by atoms with Crippen molar-refractivity contribution in [3.8, 4) is 0 Å². The van der Waals surface area contributed by atoms with Crippen LogP contribution >= 0.6 is 23.1 Å². The van der Waals surface area contributed by atoms with Gasteiger partial charge in [0.2, 0.25) is 11.8 Å². The Morgan fingerprint density at radius 3 is 2.96 bits per heavy atom. The predicted molar refractivity (Wildman–Crippen MR) is 97.2 cm³/mol. The zero-order chi connectivity index (χ0) is 17.8. The van der Waals surface area contributed by atoms with Gasteiger partial charge in [-0.2, -0.15) is 0 Å². The van der Waals surface area contributed by atoms with E-state index in [9.17, 15) is 4.79 Å². The molecule has 4 aromatic rings. The fourth-order valence-corrected chi connectivity index (χ4v) is 3.77. The van der Waals surface area contributed by atoms with Crippen molar-refractivity contribution >= 4 is 45.0 Å². The molecule has 0 fully saturated rings. The van der Waals surface area contributed by atoms with Crippen LogP contribution in [0.3, 0.4) is 0 Å². The summed E-state index contributed by atoms with van der Waals surface area (Å²) < 4.78 is 11.4. The van der Waals surface area contributed by atoms with Crippen molar-refractivity contribution in [3.05, 3.63) is 47.5 Å². The molecule has 4 rings (SSSR count). The van der Waals surface area contributed by atoms with E-state index in [0.717, 1.165) is 16.9 Å². The number of rotatable bonds is 7. The third kappa shape index (κ3) is 4.09. The molecule has 3 aromatic heterocycles. The Morgan fingerprint density at radius 1 is 1.19 bits per heavy atom. The largest absolute Gasteiger partial charge is 0.416 e. The first-order valence-electron chi connectivity index (χ1n) is 7.76. The maximum Gasteiger partial charge on any atom is 0.277 e. The first-order valence-corrected chi connectivity index (χ1v) is 9.56. The average molecular weight is 387 g/mol. The van der Waals surface area contributed by atoms with Crippen LogP contribution in [-0.2, 0) is 17.6 Å². The van der Waals surface area contributed by atoms with E-state index in [1.165, 1.54) is 22.7 Å². The molecule has 0 saturated heterocycles. The van der Waals surface area contributed by atoms with Crippen LogP contribution < -0.4 is 5.32 Å². The average Bonchev–Trinajstić information content (AvgIpc) is 3.38. The van der Waals surface area contributed by atoms with Crippen LogP contribution in [0.4, 0.5) is 5.82 Å². The van der Waals surface area contributed by atoms with Gasteiger partial charge in [-0.15, -0.1) is 21.5 Å². The Hall–Kier alpha value is -2.72. The maximum atomic E-state index is 11.8. The molecule has 0 saturated carbocycles. The summed E-state index contributed by atoms with van der Waals surface area (Å²) in [6.07, 6.45) is 2.73. The number of carbonyl (C=O) groups is 1. The smallest absolute Gasteiger partial charge is 0.277 e. The number of aryl methyl sites for hydroxylation is 2. The number of benzene rings is 1. The van der Waals surface area contributed by atoms with Gasteiger partial charge in [0.25, 0.3) is 5.22 Å². The molecule has 0 unspecified atom stereocenters. The van der Waals surface area contributed by atoms with E-state index in [1.807, 2.05) is 18.2 Å². The number of amides is 1. The molecule has 0 aliphatic heterocycles. The molecular formula is C16H13N5O3S2. The van der Waals surface area contributed by atoms with Gasteiger partial charge < -0.3 is 14.3 Å². The molecule has 26 heavy (non-hydrogen) atoms. The summed E-state index contributed by atoms with van der Waals surface area (Å²) in [5.74, 6) is 0.825. The summed E-state index contributed by atoms with van der Waals surface area (Å²) in [5, 5.41) is 15.6. The number of fused-ring (bicyclic) bond motifs is 1. The van der Waals surface area contributed by atoms with E-state index in [1.54, 1.807) is 17.4 Å². The van der Waals surface area contributed by atoms with E-state index in [4.69, 9.17) is 4.42 Å². The van der Waals surface area contributed by atoms with Crippen LogP contribution in [0.15, 0.2) is 50.8 Å². The van der Waals surface area contributed by atoms with Gasteiger partial charge in [-0.1, -0.05) is 29.1 Å². The van der Waals surface area contributed by atoms with E-state index in [0.29, 0.717) is 23.4 Å². The second kappa shape index (κ2) is 7.67. The van der Waals surface area contributed by atoms with Gasteiger partial charge in [0.05, 0.1) is 21.0 Å². The number of para-hydroxylation sites is 1. The molecule has 1 aromatic carbocycles. The van der Waals surface area contributed by atoms with Gasteiger partial charge in [0, 0.05) is 18.9 Å². The molecule has 0 aliphatic rings. The minimum absolute atomic E-state index is 0.145. The zero-order valence-electron chi connectivity index (χ0n) is 13.4. The maximum absolute atomic E-state index is 11.8. The highest BCUT2D eigenvalue weighted by Crippen LogP contribution is 2.23. The molecular weight excluding hydrogens is 374 g/mol. The normalized spacial score (nSPS) is 11.1. The number of thiazole rings is 1. The monoisotopic (exact) mass is 387 g/mol. The highest BCUT2D eigenvalue weighted by atomic mass is 32.2. The zero-order valence-corrected chi connectivity index (χ0v) is 15.0. The van der Waals surface area contributed by atoms with Crippen molar-refractivity contribution in [1.82, 2.24) is 20.3 Å². The highest BCUT2D eigenvalue weighted by Gasteiger charge is 2.12. The van der Waals surface area contributed by atoms with Crippen molar-refractivity contribution in [1.29, 1.82) is 0 Å². The number of anilines is 1. The summed E-state index contributed by atoms with van der Waals surface area (Å²) >= 11 is 2.84. The number of thioether (sulfide) groups is 1. The molecule has 8 nitrogen and oxygen atoms in total. The van der Waals surface area contributed by atoms with Crippen LogP contribution in [0.2, 0.25) is 0 Å². The molecule has 0 radical (unpaired) electrons. The number of hydrogen-bond donors (Lipinski definition) is 1. The minimum atomic E-state index is -0.224. The summed E-state index contributed by atoms with van der Waals surface area (Å²) in [6.45, 7) is 0. The van der Waals surface area contributed by atoms with Gasteiger partial charge in [0.1, 0.15) is 6.26 Å². The van der Waals surface area contributed by atoms with E-state index < -0.39 is 0 Å². The Balaban J connectivity index is 1.28. The predicted octanol–water partition coefficient (Wildman–Crippen LogP) is 3.18. The first kappa shape index (κ1) is 16.7. The summed E-state index contributed by atoms with van der Waals surface area (Å²) in [6, 6.07) is 9.61. The quantitative estimate of drug-likeness (QED) is 0.482. The SMILES string of the molecule is O=C(CSc1nnc(CCc2nc3ccccc3s2)o1)Nc1ccon1. The molecule has 0 spiro atoms. The standard InChI is InChI=1S/C16H13N5O3S2/c22-13(18-12-7-8-23-21-12)9-25-16-20-19-14(24-16)5-6-15-17-10-3-1-2-4-11(10)26-15/h1-4,7-8H,5-6,9H2,(H,18,21,22). The lowest BCUT2D eigenvalue weighted by atomic mass is 10.3. The number of hydrogen-bond acceptors (Lipinski definition) is 9. The van der Waals surface area contributed by atoms with Gasteiger partial charge in [0.15, 0.2) is 5.82 Å². The summed E-state index contributed by atoms with van der Waals surface area (Å²) in [5.41, 5.74) is 1.01. The lowest BCUT2D eigenvalue weighted by Gasteiger charge is -1.98. The Morgan fingerprint density at radius 2 is 2.12 bits per heavy atom. The molecule has 0 atom stereocenters. The van der Waals surface area contributed by atoms with Crippen molar-refractivity contribution in [2.45, 2.75) is 18.1 Å². The second-order valence-electron chi connectivity index (χ2n) is 5.26. The van der Waals surface area contributed by atoms with E-state index in [2.05, 4.69) is 36.2 Å². The topological polar surface area (TPSA) is 107 Å². The minimum Gasteiger partial charge on any atom is -0.416 e. The van der Waals surface area contributed by atoms with Gasteiger partial charge >= 0.3 is 0 Å². The van der Waals surface area contributed by atoms with Gasteiger partial charge in [-0.3, -0.25) is 4.79 Å². The van der Waals surface area contributed by atoms with Crippen LogP contribution in [-0.4, -0.2) is 32.0 Å². The summed E-state index contributed by atoms with van der Waals surface area (Å²) in [4.78, 5) is 16.4. The third-order valence-corrected chi connectivity index (χ3v) is 5.29. The van der Waals surface area contributed by atoms with Crippen LogP contribution in [0.25, 0.3) is 10.2 Å².